The first-order chi connectivity index (χ1) is 5.74. The Morgan fingerprint density at radius 2 is 2.42 bits per heavy atom. The first kappa shape index (κ1) is 9.72. The van der Waals surface area contributed by atoms with Crippen molar-refractivity contribution >= 4 is 5.71 Å². The van der Waals surface area contributed by atoms with Gasteiger partial charge in [-0.3, -0.25) is 4.99 Å². The molecule has 0 bridgehead atoms. The highest BCUT2D eigenvalue weighted by Crippen LogP contribution is 2.16. The van der Waals surface area contributed by atoms with Gasteiger partial charge in [-0.05, 0) is 39.2 Å². The highest BCUT2D eigenvalue weighted by molar-refractivity contribution is 5.83. The van der Waals surface area contributed by atoms with Crippen molar-refractivity contribution in [3.05, 3.63) is 0 Å². The van der Waals surface area contributed by atoms with E-state index in [0.29, 0.717) is 6.04 Å². The fraction of sp³-hybridized carbons (Fsp3) is 0.900. The molecule has 0 saturated heterocycles. The summed E-state index contributed by atoms with van der Waals surface area (Å²) >= 11 is 0. The van der Waals surface area contributed by atoms with Crippen molar-refractivity contribution in [3.8, 4) is 0 Å². The molecule has 0 radical (unpaired) electrons. The first-order valence-corrected chi connectivity index (χ1v) is 4.97. The molecule has 0 aromatic rings. The molecule has 1 rings (SSSR count). The molecule has 0 aromatic carbocycles. The Morgan fingerprint density at radius 1 is 1.67 bits per heavy atom. The lowest BCUT2D eigenvalue weighted by Crippen LogP contribution is -2.34. The van der Waals surface area contributed by atoms with Crippen LogP contribution in [-0.2, 0) is 0 Å². The van der Waals surface area contributed by atoms with Gasteiger partial charge in [0.25, 0.3) is 0 Å². The first-order valence-electron chi connectivity index (χ1n) is 4.97. The zero-order valence-electron chi connectivity index (χ0n) is 8.43. The second-order valence-corrected chi connectivity index (χ2v) is 3.78. The van der Waals surface area contributed by atoms with Crippen LogP contribution in [0.4, 0.5) is 0 Å². The summed E-state index contributed by atoms with van der Waals surface area (Å²) < 4.78 is 0. The third-order valence-electron chi connectivity index (χ3n) is 2.58. The molecule has 70 valence electrons. The van der Waals surface area contributed by atoms with Crippen LogP contribution in [0.25, 0.3) is 0 Å². The van der Waals surface area contributed by atoms with Crippen LogP contribution in [0.2, 0.25) is 0 Å². The van der Waals surface area contributed by atoms with Crippen LogP contribution in [0.15, 0.2) is 4.99 Å². The third kappa shape index (κ3) is 2.59. The number of nitrogens with zero attached hydrogens (tertiary/aromatic N) is 1. The van der Waals surface area contributed by atoms with Crippen LogP contribution < -0.4 is 5.32 Å². The van der Waals surface area contributed by atoms with Gasteiger partial charge in [0.2, 0.25) is 0 Å². The summed E-state index contributed by atoms with van der Waals surface area (Å²) in [6, 6.07) is 0.631. The van der Waals surface area contributed by atoms with Crippen LogP contribution in [-0.4, -0.2) is 24.8 Å². The van der Waals surface area contributed by atoms with E-state index in [1.807, 2.05) is 0 Å². The lowest BCUT2D eigenvalue weighted by atomic mass is 9.98. The Bertz CT molecular complexity index is 163. The van der Waals surface area contributed by atoms with E-state index in [-0.39, 0.29) is 0 Å². The van der Waals surface area contributed by atoms with Crippen molar-refractivity contribution in [1.29, 1.82) is 0 Å². The van der Waals surface area contributed by atoms with Gasteiger partial charge in [0.1, 0.15) is 0 Å². The second-order valence-electron chi connectivity index (χ2n) is 3.78. The Balaban J connectivity index is 2.21. The average Bonchev–Trinajstić information content (AvgIpc) is 2.47. The number of aliphatic imine (C=N–C) groups is 1. The van der Waals surface area contributed by atoms with Crippen molar-refractivity contribution < 1.29 is 0 Å². The summed E-state index contributed by atoms with van der Waals surface area (Å²) in [6.45, 7) is 8.78. The van der Waals surface area contributed by atoms with Gasteiger partial charge in [-0.2, -0.15) is 0 Å². The molecule has 1 heterocycles. The maximum atomic E-state index is 4.42. The van der Waals surface area contributed by atoms with Crippen LogP contribution in [0.3, 0.4) is 0 Å². The molecule has 2 unspecified atom stereocenters. The molecule has 1 aliphatic heterocycles. The van der Waals surface area contributed by atoms with Gasteiger partial charge in [-0.15, -0.1) is 0 Å². The molecule has 0 amide bonds. The van der Waals surface area contributed by atoms with Crippen molar-refractivity contribution in [2.24, 2.45) is 10.9 Å². The summed E-state index contributed by atoms with van der Waals surface area (Å²) in [5, 5.41) is 3.52. The quantitative estimate of drug-likeness (QED) is 0.680. The summed E-state index contributed by atoms with van der Waals surface area (Å²) in [5.74, 6) is 0.747. The Labute approximate surface area is 75.5 Å². The minimum atomic E-state index is 0.631. The highest BCUT2D eigenvalue weighted by Gasteiger charge is 2.21. The molecule has 1 N–H and O–H groups in total. The summed E-state index contributed by atoms with van der Waals surface area (Å²) in [6.07, 6.45) is 2.41. The minimum Gasteiger partial charge on any atom is -0.314 e. The molecule has 0 fully saturated rings. The number of nitrogens with one attached hydrogen (secondary N) is 1. The Hall–Kier alpha value is -0.370. The largest absolute Gasteiger partial charge is 0.314 e. The number of hydrogen-bond donors (Lipinski definition) is 1. The smallest absolute Gasteiger partial charge is 0.0435 e. The van der Waals surface area contributed by atoms with E-state index >= 15 is 0 Å². The van der Waals surface area contributed by atoms with E-state index in [1.54, 1.807) is 0 Å². The van der Waals surface area contributed by atoms with E-state index in [0.717, 1.165) is 19.0 Å². The number of hydrogen-bond acceptors (Lipinski definition) is 2. The van der Waals surface area contributed by atoms with Gasteiger partial charge in [0.15, 0.2) is 0 Å². The van der Waals surface area contributed by atoms with Gasteiger partial charge < -0.3 is 5.32 Å². The zero-order valence-corrected chi connectivity index (χ0v) is 8.43. The summed E-state index contributed by atoms with van der Waals surface area (Å²) in [5.41, 5.74) is 1.32. The molecule has 2 atom stereocenters. The Morgan fingerprint density at radius 3 is 2.92 bits per heavy atom. The molecule has 12 heavy (non-hydrogen) atoms. The third-order valence-corrected chi connectivity index (χ3v) is 2.58. The molecule has 0 aromatic heterocycles. The molecule has 0 aliphatic carbocycles. The topological polar surface area (TPSA) is 24.4 Å². The van der Waals surface area contributed by atoms with Crippen molar-refractivity contribution in [2.75, 3.05) is 13.1 Å². The maximum absolute atomic E-state index is 4.42. The van der Waals surface area contributed by atoms with Gasteiger partial charge >= 0.3 is 0 Å². The summed E-state index contributed by atoms with van der Waals surface area (Å²) in [7, 11) is 0. The molecule has 2 nitrogen and oxygen atoms in total. The molecule has 0 saturated carbocycles. The minimum absolute atomic E-state index is 0.631. The van der Waals surface area contributed by atoms with E-state index in [9.17, 15) is 0 Å². The standard InChI is InChI=1S/C10H20N2/c1-4-5-11-9(3)10-6-8(2)12-7-10/h9-11H,4-7H2,1-3H3. The van der Waals surface area contributed by atoms with Crippen LogP contribution >= 0.6 is 0 Å². The molecule has 1 aliphatic rings. The normalized spacial score (nSPS) is 25.6. The monoisotopic (exact) mass is 168 g/mol. The van der Waals surface area contributed by atoms with Crippen molar-refractivity contribution in [2.45, 2.75) is 39.7 Å². The summed E-state index contributed by atoms with van der Waals surface area (Å²) in [4.78, 5) is 4.42. The van der Waals surface area contributed by atoms with Crippen LogP contribution in [0.5, 0.6) is 0 Å². The molecule has 0 spiro atoms. The van der Waals surface area contributed by atoms with E-state index in [2.05, 4.69) is 31.1 Å². The van der Waals surface area contributed by atoms with Crippen LogP contribution in [0.1, 0.15) is 33.6 Å². The predicted octanol–water partition coefficient (Wildman–Crippen LogP) is 1.86. The number of rotatable bonds is 4. The molecular formula is C10H20N2. The van der Waals surface area contributed by atoms with Gasteiger partial charge in [0.05, 0.1) is 0 Å². The zero-order chi connectivity index (χ0) is 8.97. The van der Waals surface area contributed by atoms with E-state index in [4.69, 9.17) is 0 Å². The van der Waals surface area contributed by atoms with E-state index in [1.165, 1.54) is 18.6 Å². The van der Waals surface area contributed by atoms with Crippen molar-refractivity contribution in [3.63, 3.8) is 0 Å². The second kappa shape index (κ2) is 4.61. The lowest BCUT2D eigenvalue weighted by molar-refractivity contribution is 0.405. The van der Waals surface area contributed by atoms with Gasteiger partial charge in [0, 0.05) is 18.3 Å². The Kier molecular flexibility index (Phi) is 3.73. The maximum Gasteiger partial charge on any atom is 0.0435 e. The predicted molar refractivity (Wildman–Crippen MR) is 53.8 cm³/mol. The SMILES string of the molecule is CCCNC(C)C1CN=C(C)C1. The van der Waals surface area contributed by atoms with Gasteiger partial charge in [-0.25, -0.2) is 0 Å². The van der Waals surface area contributed by atoms with E-state index < -0.39 is 0 Å². The molecule has 2 heteroatoms. The fourth-order valence-electron chi connectivity index (χ4n) is 1.66. The highest BCUT2D eigenvalue weighted by atomic mass is 14.9. The van der Waals surface area contributed by atoms with Gasteiger partial charge in [-0.1, -0.05) is 6.92 Å². The fourth-order valence-corrected chi connectivity index (χ4v) is 1.66. The molecular weight excluding hydrogens is 148 g/mol. The van der Waals surface area contributed by atoms with Crippen LogP contribution in [0, 0.1) is 5.92 Å². The average molecular weight is 168 g/mol. The lowest BCUT2D eigenvalue weighted by Gasteiger charge is -2.19. The van der Waals surface area contributed by atoms with Crippen molar-refractivity contribution in [1.82, 2.24) is 5.32 Å².